The summed E-state index contributed by atoms with van der Waals surface area (Å²) in [4.78, 5) is 0. The average molecular weight is 210 g/mol. The first-order valence-corrected chi connectivity index (χ1v) is 5.48. The molecular weight excluding hydrogens is 196 g/mol. The van der Waals surface area contributed by atoms with Crippen LogP contribution >= 0.6 is 0 Å². The second kappa shape index (κ2) is 3.44. The van der Waals surface area contributed by atoms with Crippen LogP contribution in [0, 0.1) is 0 Å². The molecule has 4 N–H and O–H groups in total. The fourth-order valence-electron chi connectivity index (χ4n) is 2.45. The van der Waals surface area contributed by atoms with Crippen molar-refractivity contribution in [2.45, 2.75) is 12.1 Å². The fraction of sp³-hybridized carbons (Fsp3) is 0.143. The number of fused-ring (bicyclic) bond motifs is 3. The molecule has 1 aliphatic rings. The van der Waals surface area contributed by atoms with Gasteiger partial charge in [-0.15, -0.1) is 0 Å². The fourth-order valence-corrected chi connectivity index (χ4v) is 2.45. The van der Waals surface area contributed by atoms with Gasteiger partial charge in [-0.1, -0.05) is 48.5 Å². The van der Waals surface area contributed by atoms with E-state index in [9.17, 15) is 0 Å². The van der Waals surface area contributed by atoms with E-state index in [-0.39, 0.29) is 12.1 Å². The Labute approximate surface area is 94.9 Å². The van der Waals surface area contributed by atoms with Gasteiger partial charge >= 0.3 is 0 Å². The summed E-state index contributed by atoms with van der Waals surface area (Å²) in [5.74, 6) is 0. The maximum atomic E-state index is 6.18. The van der Waals surface area contributed by atoms with Crippen LogP contribution in [0.5, 0.6) is 0 Å². The highest BCUT2D eigenvalue weighted by Crippen LogP contribution is 2.41. The number of hydrogen-bond donors (Lipinski definition) is 2. The van der Waals surface area contributed by atoms with E-state index >= 15 is 0 Å². The van der Waals surface area contributed by atoms with Crippen molar-refractivity contribution in [2.75, 3.05) is 0 Å². The van der Waals surface area contributed by atoms with E-state index in [4.69, 9.17) is 11.5 Å². The van der Waals surface area contributed by atoms with Crippen molar-refractivity contribution in [1.82, 2.24) is 0 Å². The molecule has 0 aromatic heterocycles. The highest BCUT2D eigenvalue weighted by atomic mass is 14.8. The van der Waals surface area contributed by atoms with Gasteiger partial charge in [-0.25, -0.2) is 0 Å². The molecule has 80 valence electrons. The molecule has 0 radical (unpaired) electrons. The number of hydrogen-bond acceptors (Lipinski definition) is 2. The minimum absolute atomic E-state index is 0.105. The second-order valence-electron chi connectivity index (χ2n) is 4.23. The third kappa shape index (κ3) is 1.21. The summed E-state index contributed by atoms with van der Waals surface area (Å²) >= 11 is 0. The molecule has 2 aromatic rings. The van der Waals surface area contributed by atoms with Gasteiger partial charge in [0, 0.05) is 12.1 Å². The molecular formula is C14H14N2. The van der Waals surface area contributed by atoms with E-state index in [1.54, 1.807) is 0 Å². The molecule has 3 rings (SSSR count). The normalized spacial score (nSPS) is 22.4. The molecule has 2 aromatic carbocycles. The minimum atomic E-state index is -0.105. The highest BCUT2D eigenvalue weighted by Gasteiger charge is 2.27. The van der Waals surface area contributed by atoms with Gasteiger partial charge in [-0.05, 0) is 22.3 Å². The van der Waals surface area contributed by atoms with Gasteiger partial charge in [-0.2, -0.15) is 0 Å². The van der Waals surface area contributed by atoms with E-state index in [1.165, 1.54) is 11.1 Å². The first-order chi connectivity index (χ1) is 7.79. The van der Waals surface area contributed by atoms with Crippen LogP contribution in [0.25, 0.3) is 11.1 Å². The third-order valence-corrected chi connectivity index (χ3v) is 3.32. The number of nitrogens with two attached hydrogens (primary N) is 2. The zero-order valence-electron chi connectivity index (χ0n) is 8.93. The standard InChI is InChI=1S/C14H14N2/c15-13-11-7-3-1-5-9(11)10-6-2-4-8-12(10)14(13)16/h1-8,13-14H,15-16H2/t13-,14-/m0/s1. The summed E-state index contributed by atoms with van der Waals surface area (Å²) in [6.07, 6.45) is 0. The van der Waals surface area contributed by atoms with Gasteiger partial charge < -0.3 is 11.5 Å². The van der Waals surface area contributed by atoms with Crippen molar-refractivity contribution in [3.63, 3.8) is 0 Å². The molecule has 2 nitrogen and oxygen atoms in total. The first-order valence-electron chi connectivity index (χ1n) is 5.48. The van der Waals surface area contributed by atoms with Crippen molar-refractivity contribution in [1.29, 1.82) is 0 Å². The van der Waals surface area contributed by atoms with Crippen LogP contribution in [0.2, 0.25) is 0 Å². The lowest BCUT2D eigenvalue weighted by atomic mass is 9.80. The molecule has 0 spiro atoms. The predicted molar refractivity (Wildman–Crippen MR) is 65.7 cm³/mol. The Morgan fingerprint density at radius 1 is 0.625 bits per heavy atom. The van der Waals surface area contributed by atoms with Crippen LogP contribution in [-0.4, -0.2) is 0 Å². The molecule has 0 bridgehead atoms. The highest BCUT2D eigenvalue weighted by molar-refractivity contribution is 5.74. The lowest BCUT2D eigenvalue weighted by Crippen LogP contribution is -2.30. The quantitative estimate of drug-likeness (QED) is 0.701. The Kier molecular flexibility index (Phi) is 2.06. The average Bonchev–Trinajstić information content (AvgIpc) is 2.36. The van der Waals surface area contributed by atoms with Crippen molar-refractivity contribution >= 4 is 0 Å². The van der Waals surface area contributed by atoms with Gasteiger partial charge in [0.2, 0.25) is 0 Å². The maximum Gasteiger partial charge on any atom is 0.0497 e. The lowest BCUT2D eigenvalue weighted by Gasteiger charge is -2.30. The van der Waals surface area contributed by atoms with Gasteiger partial charge in [0.05, 0.1) is 0 Å². The molecule has 0 heterocycles. The second-order valence-corrected chi connectivity index (χ2v) is 4.23. The SMILES string of the molecule is N[C@H]1c2ccccc2-c2ccccc2[C@@H]1N. The monoisotopic (exact) mass is 210 g/mol. The molecule has 2 atom stereocenters. The van der Waals surface area contributed by atoms with Crippen molar-refractivity contribution in [2.24, 2.45) is 11.5 Å². The summed E-state index contributed by atoms with van der Waals surface area (Å²) in [5.41, 5.74) is 17.1. The topological polar surface area (TPSA) is 52.0 Å². The van der Waals surface area contributed by atoms with Gasteiger partial charge in [-0.3, -0.25) is 0 Å². The molecule has 0 aliphatic heterocycles. The number of benzene rings is 2. The Balaban J connectivity index is 2.33. The predicted octanol–water partition coefficient (Wildman–Crippen LogP) is 2.37. The molecule has 2 heteroatoms. The van der Waals surface area contributed by atoms with Crippen molar-refractivity contribution in [3.8, 4) is 11.1 Å². The van der Waals surface area contributed by atoms with Crippen LogP contribution in [0.1, 0.15) is 23.2 Å². The van der Waals surface area contributed by atoms with E-state index in [0.717, 1.165) is 11.1 Å². The van der Waals surface area contributed by atoms with Gasteiger partial charge in [0.15, 0.2) is 0 Å². The first kappa shape index (κ1) is 9.58. The Morgan fingerprint density at radius 2 is 1.00 bits per heavy atom. The maximum absolute atomic E-state index is 6.18. The Morgan fingerprint density at radius 3 is 1.44 bits per heavy atom. The molecule has 16 heavy (non-hydrogen) atoms. The smallest absolute Gasteiger partial charge is 0.0497 e. The van der Waals surface area contributed by atoms with E-state index in [0.29, 0.717) is 0 Å². The molecule has 0 unspecified atom stereocenters. The third-order valence-electron chi connectivity index (χ3n) is 3.32. The van der Waals surface area contributed by atoms with E-state index in [2.05, 4.69) is 24.3 Å². The van der Waals surface area contributed by atoms with Crippen molar-refractivity contribution < 1.29 is 0 Å². The van der Waals surface area contributed by atoms with Crippen LogP contribution in [0.4, 0.5) is 0 Å². The largest absolute Gasteiger partial charge is 0.322 e. The molecule has 0 fully saturated rings. The summed E-state index contributed by atoms with van der Waals surface area (Å²) in [7, 11) is 0. The molecule has 0 saturated heterocycles. The molecule has 0 saturated carbocycles. The van der Waals surface area contributed by atoms with E-state index in [1.807, 2.05) is 24.3 Å². The van der Waals surface area contributed by atoms with E-state index < -0.39 is 0 Å². The zero-order valence-corrected chi connectivity index (χ0v) is 8.93. The summed E-state index contributed by atoms with van der Waals surface area (Å²) in [6, 6.07) is 16.2. The molecule has 0 amide bonds. The van der Waals surface area contributed by atoms with Crippen LogP contribution in [-0.2, 0) is 0 Å². The minimum Gasteiger partial charge on any atom is -0.322 e. The van der Waals surface area contributed by atoms with Crippen LogP contribution in [0.3, 0.4) is 0 Å². The molecule has 1 aliphatic carbocycles. The van der Waals surface area contributed by atoms with Gasteiger partial charge in [0.1, 0.15) is 0 Å². The summed E-state index contributed by atoms with van der Waals surface area (Å²) in [6.45, 7) is 0. The summed E-state index contributed by atoms with van der Waals surface area (Å²) < 4.78 is 0. The Bertz CT molecular complexity index is 484. The summed E-state index contributed by atoms with van der Waals surface area (Å²) in [5, 5.41) is 0. The lowest BCUT2D eigenvalue weighted by molar-refractivity contribution is 0.568. The van der Waals surface area contributed by atoms with Gasteiger partial charge in [0.25, 0.3) is 0 Å². The van der Waals surface area contributed by atoms with Crippen LogP contribution < -0.4 is 11.5 Å². The van der Waals surface area contributed by atoms with Crippen LogP contribution in [0.15, 0.2) is 48.5 Å². The van der Waals surface area contributed by atoms with Crippen molar-refractivity contribution in [3.05, 3.63) is 59.7 Å². The number of rotatable bonds is 0. The Hall–Kier alpha value is -1.64. The zero-order chi connectivity index (χ0) is 11.1.